The SMILES string of the molecule is c1cc(OCC2CO2)ccc1/N=N/c1ccc2cc(OC3CCO3)ccc2c1. The highest BCUT2D eigenvalue weighted by Crippen LogP contribution is 2.28. The molecule has 6 nitrogen and oxygen atoms in total. The quantitative estimate of drug-likeness (QED) is 0.422. The third-order valence-corrected chi connectivity index (χ3v) is 4.68. The minimum atomic E-state index is -0.107. The van der Waals surface area contributed by atoms with E-state index in [4.69, 9.17) is 18.9 Å². The number of ether oxygens (including phenoxy) is 4. The first-order valence-corrected chi connectivity index (χ1v) is 9.40. The van der Waals surface area contributed by atoms with Gasteiger partial charge in [0.15, 0.2) is 0 Å². The summed E-state index contributed by atoms with van der Waals surface area (Å²) in [5.41, 5.74) is 1.58. The van der Waals surface area contributed by atoms with Gasteiger partial charge in [-0.3, -0.25) is 0 Å². The highest BCUT2D eigenvalue weighted by molar-refractivity contribution is 5.86. The average Bonchev–Trinajstić information content (AvgIpc) is 3.53. The maximum atomic E-state index is 5.76. The topological polar surface area (TPSA) is 64.9 Å². The number of fused-ring (bicyclic) bond motifs is 1. The summed E-state index contributed by atoms with van der Waals surface area (Å²) in [6.07, 6.45) is 1.09. The van der Waals surface area contributed by atoms with Gasteiger partial charge in [0, 0.05) is 6.42 Å². The van der Waals surface area contributed by atoms with Crippen LogP contribution in [-0.2, 0) is 9.47 Å². The van der Waals surface area contributed by atoms with Crippen LogP contribution < -0.4 is 9.47 Å². The first kappa shape index (κ1) is 17.2. The largest absolute Gasteiger partial charge is 0.491 e. The summed E-state index contributed by atoms with van der Waals surface area (Å²) in [6.45, 7) is 2.16. The molecule has 0 saturated carbocycles. The smallest absolute Gasteiger partial charge is 0.202 e. The van der Waals surface area contributed by atoms with Crippen LogP contribution in [0.5, 0.6) is 11.5 Å². The molecule has 2 heterocycles. The third kappa shape index (κ3) is 4.13. The summed E-state index contributed by atoms with van der Waals surface area (Å²) in [5.74, 6) is 1.63. The Kier molecular flexibility index (Phi) is 4.64. The lowest BCUT2D eigenvalue weighted by molar-refractivity contribution is -0.165. The molecule has 5 rings (SSSR count). The van der Waals surface area contributed by atoms with E-state index >= 15 is 0 Å². The lowest BCUT2D eigenvalue weighted by Crippen LogP contribution is -2.32. The van der Waals surface area contributed by atoms with Gasteiger partial charge in [-0.2, -0.15) is 10.2 Å². The molecule has 28 heavy (non-hydrogen) atoms. The Labute approximate surface area is 162 Å². The van der Waals surface area contributed by atoms with Gasteiger partial charge in [-0.15, -0.1) is 0 Å². The van der Waals surface area contributed by atoms with Crippen LogP contribution in [0, 0.1) is 0 Å². The summed E-state index contributed by atoms with van der Waals surface area (Å²) < 4.78 is 21.8. The van der Waals surface area contributed by atoms with Crippen molar-refractivity contribution >= 4 is 22.1 Å². The van der Waals surface area contributed by atoms with E-state index in [0.717, 1.165) is 53.3 Å². The number of hydrogen-bond acceptors (Lipinski definition) is 6. The number of rotatable bonds is 7. The molecule has 2 fully saturated rings. The molecule has 2 atom stereocenters. The fourth-order valence-electron chi connectivity index (χ4n) is 2.88. The van der Waals surface area contributed by atoms with Crippen molar-refractivity contribution in [1.82, 2.24) is 0 Å². The van der Waals surface area contributed by atoms with Crippen LogP contribution in [0.1, 0.15) is 6.42 Å². The van der Waals surface area contributed by atoms with Crippen molar-refractivity contribution in [2.75, 3.05) is 19.8 Å². The fourth-order valence-corrected chi connectivity index (χ4v) is 2.88. The van der Waals surface area contributed by atoms with Crippen LogP contribution in [0.2, 0.25) is 0 Å². The predicted molar refractivity (Wildman–Crippen MR) is 105 cm³/mol. The second kappa shape index (κ2) is 7.58. The molecule has 0 aromatic heterocycles. The third-order valence-electron chi connectivity index (χ3n) is 4.68. The Morgan fingerprint density at radius 3 is 2.25 bits per heavy atom. The minimum absolute atomic E-state index is 0.107. The van der Waals surface area contributed by atoms with Crippen molar-refractivity contribution in [3.63, 3.8) is 0 Å². The molecule has 2 saturated heterocycles. The van der Waals surface area contributed by atoms with Gasteiger partial charge in [0.2, 0.25) is 6.29 Å². The molecular formula is C22H20N2O4. The van der Waals surface area contributed by atoms with Crippen LogP contribution in [0.3, 0.4) is 0 Å². The Morgan fingerprint density at radius 1 is 0.821 bits per heavy atom. The van der Waals surface area contributed by atoms with E-state index in [1.54, 1.807) is 0 Å². The summed E-state index contributed by atoms with van der Waals surface area (Å²) in [7, 11) is 0. The van der Waals surface area contributed by atoms with Crippen molar-refractivity contribution in [2.45, 2.75) is 18.8 Å². The maximum Gasteiger partial charge on any atom is 0.202 e. The second-order valence-electron chi connectivity index (χ2n) is 6.86. The van der Waals surface area contributed by atoms with E-state index in [1.807, 2.05) is 60.7 Å². The zero-order chi connectivity index (χ0) is 18.8. The molecule has 3 aromatic carbocycles. The Bertz CT molecular complexity index is 995. The molecule has 142 valence electrons. The zero-order valence-corrected chi connectivity index (χ0v) is 15.3. The number of hydrogen-bond donors (Lipinski definition) is 0. The first-order valence-electron chi connectivity index (χ1n) is 9.40. The molecule has 0 amide bonds. The summed E-state index contributed by atoms with van der Waals surface area (Å²) >= 11 is 0. The molecule has 6 heteroatoms. The Balaban J connectivity index is 1.25. The van der Waals surface area contributed by atoms with E-state index in [2.05, 4.69) is 10.2 Å². The Morgan fingerprint density at radius 2 is 1.50 bits per heavy atom. The summed E-state index contributed by atoms with van der Waals surface area (Å²) in [4.78, 5) is 0. The fraction of sp³-hybridized carbons (Fsp3) is 0.273. The number of benzene rings is 3. The predicted octanol–water partition coefficient (Wildman–Crippen LogP) is 5.16. The van der Waals surface area contributed by atoms with Gasteiger partial charge in [-0.1, -0.05) is 12.1 Å². The number of epoxide rings is 1. The number of azo groups is 1. The Hall–Kier alpha value is -2.96. The van der Waals surface area contributed by atoms with Gasteiger partial charge in [-0.25, -0.2) is 0 Å². The molecule has 2 unspecified atom stereocenters. The molecular weight excluding hydrogens is 356 g/mol. The highest BCUT2D eigenvalue weighted by atomic mass is 16.7. The van der Waals surface area contributed by atoms with Crippen molar-refractivity contribution in [1.29, 1.82) is 0 Å². The standard InChI is InChI=1S/C22H20N2O4/c1-3-18(11-15-2-6-20(12-16(1)15)28-22-9-10-25-22)24-23-17-4-7-19(8-5-17)26-13-21-14-27-21/h1-8,11-12,21-22H,9-10,13-14H2/b24-23+. The molecule has 0 radical (unpaired) electrons. The first-order chi connectivity index (χ1) is 13.8. The normalized spacial score (nSPS) is 20.9. The summed E-state index contributed by atoms with van der Waals surface area (Å²) in [5, 5.41) is 10.8. The monoisotopic (exact) mass is 376 g/mol. The minimum Gasteiger partial charge on any atom is -0.491 e. The van der Waals surface area contributed by atoms with Crippen molar-refractivity contribution in [2.24, 2.45) is 10.2 Å². The van der Waals surface area contributed by atoms with Crippen molar-refractivity contribution in [3.8, 4) is 11.5 Å². The summed E-state index contributed by atoms with van der Waals surface area (Å²) in [6, 6.07) is 19.5. The van der Waals surface area contributed by atoms with E-state index in [1.165, 1.54) is 0 Å². The van der Waals surface area contributed by atoms with Crippen LogP contribution in [0.25, 0.3) is 10.8 Å². The van der Waals surface area contributed by atoms with Crippen LogP contribution in [0.15, 0.2) is 70.9 Å². The van der Waals surface area contributed by atoms with E-state index in [-0.39, 0.29) is 12.4 Å². The molecule has 2 aliphatic heterocycles. The van der Waals surface area contributed by atoms with Crippen LogP contribution >= 0.6 is 0 Å². The maximum absolute atomic E-state index is 5.76. The lowest BCUT2D eigenvalue weighted by atomic mass is 10.1. The second-order valence-corrected chi connectivity index (χ2v) is 6.86. The van der Waals surface area contributed by atoms with E-state index in [0.29, 0.717) is 6.61 Å². The number of nitrogens with zero attached hydrogens (tertiary/aromatic N) is 2. The molecule has 3 aromatic rings. The molecule has 0 spiro atoms. The zero-order valence-electron chi connectivity index (χ0n) is 15.3. The molecule has 2 aliphatic rings. The van der Waals surface area contributed by atoms with Gasteiger partial charge in [0.05, 0.1) is 24.6 Å². The van der Waals surface area contributed by atoms with Crippen LogP contribution in [-0.4, -0.2) is 32.2 Å². The van der Waals surface area contributed by atoms with Crippen molar-refractivity contribution < 1.29 is 18.9 Å². The molecule has 0 bridgehead atoms. The lowest BCUT2D eigenvalue weighted by Gasteiger charge is -2.26. The van der Waals surface area contributed by atoms with Gasteiger partial charge in [0.1, 0.15) is 24.2 Å². The van der Waals surface area contributed by atoms with Crippen LogP contribution in [0.4, 0.5) is 11.4 Å². The van der Waals surface area contributed by atoms with E-state index in [9.17, 15) is 0 Å². The molecule has 0 N–H and O–H groups in total. The molecule has 0 aliphatic carbocycles. The van der Waals surface area contributed by atoms with Gasteiger partial charge in [-0.05, 0) is 59.3 Å². The van der Waals surface area contributed by atoms with Gasteiger partial charge < -0.3 is 18.9 Å². The van der Waals surface area contributed by atoms with Gasteiger partial charge in [0.25, 0.3) is 0 Å². The van der Waals surface area contributed by atoms with Crippen molar-refractivity contribution in [3.05, 3.63) is 60.7 Å². The van der Waals surface area contributed by atoms with Gasteiger partial charge >= 0.3 is 0 Å². The van der Waals surface area contributed by atoms with E-state index < -0.39 is 0 Å². The average molecular weight is 376 g/mol. The highest BCUT2D eigenvalue weighted by Gasteiger charge is 2.23.